The lowest BCUT2D eigenvalue weighted by Gasteiger charge is -2.05. The molecule has 0 radical (unpaired) electrons. The minimum absolute atomic E-state index is 0.636. The molecule has 0 spiro atoms. The number of nitrogens with one attached hydrogen (secondary N) is 1. The van der Waals surface area contributed by atoms with Crippen molar-refractivity contribution in [2.24, 2.45) is 0 Å². The summed E-state index contributed by atoms with van der Waals surface area (Å²) in [7, 11) is 1.69. The Morgan fingerprint density at radius 2 is 2.05 bits per heavy atom. The van der Waals surface area contributed by atoms with Gasteiger partial charge in [0.2, 0.25) is 0 Å². The van der Waals surface area contributed by atoms with Crippen molar-refractivity contribution in [1.29, 1.82) is 0 Å². The zero-order chi connectivity index (χ0) is 15.2. The fourth-order valence-corrected chi connectivity index (χ4v) is 2.21. The van der Waals surface area contributed by atoms with Gasteiger partial charge in [0.15, 0.2) is 17.0 Å². The Labute approximate surface area is 128 Å². The van der Waals surface area contributed by atoms with Gasteiger partial charge in [0.05, 0.1) is 6.54 Å². The number of ether oxygens (including phenoxy) is 1. The number of rotatable bonds is 7. The molecule has 7 heteroatoms. The molecule has 22 heavy (non-hydrogen) atoms. The van der Waals surface area contributed by atoms with Crippen LogP contribution in [0.4, 0.5) is 5.82 Å². The summed E-state index contributed by atoms with van der Waals surface area (Å²) in [5, 5.41) is 11.7. The monoisotopic (exact) mass is 298 g/mol. The van der Waals surface area contributed by atoms with Crippen LogP contribution < -0.4 is 5.32 Å². The number of fused-ring (bicyclic) bond motifs is 1. The molecule has 0 atom stereocenters. The lowest BCUT2D eigenvalue weighted by atomic mass is 10.2. The molecule has 2 heterocycles. The third-order valence-corrected chi connectivity index (χ3v) is 3.29. The second kappa shape index (κ2) is 6.95. The quantitative estimate of drug-likeness (QED) is 0.669. The number of benzene rings is 1. The highest BCUT2D eigenvalue weighted by molar-refractivity contribution is 5.81. The van der Waals surface area contributed by atoms with Crippen LogP contribution in [0.1, 0.15) is 12.0 Å². The van der Waals surface area contributed by atoms with Crippen molar-refractivity contribution >= 4 is 17.0 Å². The Kier molecular flexibility index (Phi) is 4.55. The normalized spacial score (nSPS) is 11.0. The molecule has 2 aromatic heterocycles. The average molecular weight is 298 g/mol. The Hall–Kier alpha value is -2.54. The predicted molar refractivity (Wildman–Crippen MR) is 83.6 cm³/mol. The van der Waals surface area contributed by atoms with E-state index in [0.29, 0.717) is 24.5 Å². The van der Waals surface area contributed by atoms with E-state index in [1.807, 2.05) is 18.2 Å². The smallest absolute Gasteiger partial charge is 0.184 e. The van der Waals surface area contributed by atoms with E-state index in [2.05, 4.69) is 37.7 Å². The van der Waals surface area contributed by atoms with Crippen molar-refractivity contribution in [3.63, 3.8) is 0 Å². The predicted octanol–water partition coefficient (Wildman–Crippen LogP) is 1.72. The molecule has 114 valence electrons. The fraction of sp³-hybridized carbons (Fsp3) is 0.333. The van der Waals surface area contributed by atoms with Crippen LogP contribution in [0.25, 0.3) is 11.2 Å². The summed E-state index contributed by atoms with van der Waals surface area (Å²) >= 11 is 0. The third-order valence-electron chi connectivity index (χ3n) is 3.29. The average Bonchev–Trinajstić information content (AvgIpc) is 2.96. The molecule has 0 bridgehead atoms. The maximum Gasteiger partial charge on any atom is 0.184 e. The van der Waals surface area contributed by atoms with Gasteiger partial charge in [-0.15, -0.1) is 5.10 Å². The number of aromatic nitrogens is 5. The highest BCUT2D eigenvalue weighted by atomic mass is 16.5. The Morgan fingerprint density at radius 1 is 1.18 bits per heavy atom. The lowest BCUT2D eigenvalue weighted by molar-refractivity contribution is 0.198. The van der Waals surface area contributed by atoms with Gasteiger partial charge < -0.3 is 10.1 Å². The molecule has 0 aliphatic carbocycles. The van der Waals surface area contributed by atoms with Crippen molar-refractivity contribution in [1.82, 2.24) is 25.0 Å². The molecule has 0 unspecified atom stereocenters. The molecule has 3 rings (SSSR count). The molecule has 0 saturated heterocycles. The number of anilines is 1. The van der Waals surface area contributed by atoms with Crippen LogP contribution in [0.5, 0.6) is 0 Å². The van der Waals surface area contributed by atoms with Gasteiger partial charge in [0, 0.05) is 20.3 Å². The third kappa shape index (κ3) is 3.20. The molecule has 0 fully saturated rings. The number of nitrogens with zero attached hydrogens (tertiary/aromatic N) is 5. The van der Waals surface area contributed by atoms with Crippen molar-refractivity contribution in [3.8, 4) is 0 Å². The summed E-state index contributed by atoms with van der Waals surface area (Å²) in [6, 6.07) is 10.1. The van der Waals surface area contributed by atoms with Crippen molar-refractivity contribution in [2.75, 3.05) is 25.6 Å². The van der Waals surface area contributed by atoms with E-state index in [-0.39, 0.29) is 0 Å². The van der Waals surface area contributed by atoms with Gasteiger partial charge in [-0.05, 0) is 12.0 Å². The van der Waals surface area contributed by atoms with Crippen LogP contribution in [0.15, 0.2) is 36.7 Å². The van der Waals surface area contributed by atoms with E-state index in [9.17, 15) is 0 Å². The molecule has 0 aliphatic rings. The van der Waals surface area contributed by atoms with Crippen LogP contribution in [0.2, 0.25) is 0 Å². The van der Waals surface area contributed by atoms with Gasteiger partial charge in [-0.1, -0.05) is 35.5 Å². The van der Waals surface area contributed by atoms with Crippen LogP contribution >= 0.6 is 0 Å². The summed E-state index contributed by atoms with van der Waals surface area (Å²) in [6.45, 7) is 2.12. The first-order valence-corrected chi connectivity index (χ1v) is 7.19. The van der Waals surface area contributed by atoms with Gasteiger partial charge in [0.1, 0.15) is 6.33 Å². The number of methoxy groups -OCH3 is 1. The highest BCUT2D eigenvalue weighted by Gasteiger charge is 2.11. The van der Waals surface area contributed by atoms with E-state index in [0.717, 1.165) is 24.2 Å². The molecule has 1 aromatic carbocycles. The zero-order valence-corrected chi connectivity index (χ0v) is 12.4. The highest BCUT2D eigenvalue weighted by Crippen LogP contribution is 2.16. The Balaban J connectivity index is 1.79. The first-order valence-electron chi connectivity index (χ1n) is 7.19. The van der Waals surface area contributed by atoms with Gasteiger partial charge in [-0.2, -0.15) is 0 Å². The number of hydrogen-bond donors (Lipinski definition) is 1. The maximum atomic E-state index is 5.03. The van der Waals surface area contributed by atoms with Crippen molar-refractivity contribution < 1.29 is 4.74 Å². The fourth-order valence-electron chi connectivity index (χ4n) is 2.21. The largest absolute Gasteiger partial charge is 0.385 e. The second-order valence-corrected chi connectivity index (χ2v) is 4.90. The summed E-state index contributed by atoms with van der Waals surface area (Å²) in [5.74, 6) is 0.709. The molecular weight excluding hydrogens is 280 g/mol. The topological polar surface area (TPSA) is 77.8 Å². The summed E-state index contributed by atoms with van der Waals surface area (Å²) in [6.07, 6.45) is 2.44. The van der Waals surface area contributed by atoms with Crippen molar-refractivity contribution in [2.45, 2.75) is 13.0 Å². The first kappa shape index (κ1) is 14.4. The van der Waals surface area contributed by atoms with Crippen LogP contribution in [-0.2, 0) is 11.3 Å². The maximum absolute atomic E-state index is 5.03. The molecule has 3 aromatic rings. The van der Waals surface area contributed by atoms with Gasteiger partial charge in [-0.25, -0.2) is 14.6 Å². The Bertz CT molecular complexity index is 727. The molecule has 0 saturated carbocycles. The van der Waals surface area contributed by atoms with E-state index >= 15 is 0 Å². The minimum Gasteiger partial charge on any atom is -0.385 e. The Morgan fingerprint density at radius 3 is 2.86 bits per heavy atom. The van der Waals surface area contributed by atoms with Crippen molar-refractivity contribution in [3.05, 3.63) is 42.2 Å². The number of hydrogen-bond acceptors (Lipinski definition) is 6. The standard InChI is InChI=1S/C15H18N6O/c1-22-9-5-8-16-14-13-15(18-11-17-14)21(20-19-13)10-12-6-3-2-4-7-12/h2-4,6-7,11H,5,8-10H2,1H3,(H,16,17,18). The second-order valence-electron chi connectivity index (χ2n) is 4.90. The van der Waals surface area contributed by atoms with Crippen LogP contribution in [-0.4, -0.2) is 45.2 Å². The summed E-state index contributed by atoms with van der Waals surface area (Å²) in [5.41, 5.74) is 2.58. The SMILES string of the molecule is COCCCNc1ncnc2c1nnn2Cc1ccccc1. The van der Waals surface area contributed by atoms with Gasteiger partial charge >= 0.3 is 0 Å². The van der Waals surface area contributed by atoms with E-state index in [4.69, 9.17) is 4.74 Å². The minimum atomic E-state index is 0.636. The summed E-state index contributed by atoms with van der Waals surface area (Å²) in [4.78, 5) is 8.55. The van der Waals surface area contributed by atoms with Gasteiger partial charge in [0.25, 0.3) is 0 Å². The van der Waals surface area contributed by atoms with E-state index in [1.165, 1.54) is 6.33 Å². The van der Waals surface area contributed by atoms with Crippen LogP contribution in [0.3, 0.4) is 0 Å². The van der Waals surface area contributed by atoms with E-state index in [1.54, 1.807) is 11.8 Å². The van der Waals surface area contributed by atoms with Gasteiger partial charge in [-0.3, -0.25) is 0 Å². The summed E-state index contributed by atoms with van der Waals surface area (Å²) < 4.78 is 6.82. The van der Waals surface area contributed by atoms with E-state index < -0.39 is 0 Å². The van der Waals surface area contributed by atoms with Crippen LogP contribution in [0, 0.1) is 0 Å². The molecule has 7 nitrogen and oxygen atoms in total. The molecular formula is C15H18N6O. The molecule has 1 N–H and O–H groups in total. The molecule has 0 aliphatic heterocycles. The zero-order valence-electron chi connectivity index (χ0n) is 12.4. The molecule has 0 amide bonds. The first-order chi connectivity index (χ1) is 10.9. The lowest BCUT2D eigenvalue weighted by Crippen LogP contribution is -2.07.